The van der Waals surface area contributed by atoms with Gasteiger partial charge in [0.2, 0.25) is 10.0 Å². The number of esters is 1. The summed E-state index contributed by atoms with van der Waals surface area (Å²) in [7, 11) is -4.03. The second-order valence-corrected chi connectivity index (χ2v) is 10.2. The van der Waals surface area contributed by atoms with E-state index in [0.29, 0.717) is 13.0 Å². The first-order chi connectivity index (χ1) is 15.6. The van der Waals surface area contributed by atoms with E-state index < -0.39 is 40.1 Å². The second kappa shape index (κ2) is 10.5. The summed E-state index contributed by atoms with van der Waals surface area (Å²) < 4.78 is 32.6. The maximum atomic E-state index is 13.2. The minimum atomic E-state index is -4.03. The molecular weight excluding hydrogens is 444 g/mol. The van der Waals surface area contributed by atoms with Crippen LogP contribution in [0.25, 0.3) is 0 Å². The molecule has 9 heteroatoms. The SMILES string of the molecule is Cc1ccc(S(=O)(=O)N2CC(O)C[C@H]2C(=O)OC(C)C(=O)NCCc2ccccc2)cc1C. The number of aliphatic hydroxyl groups excluding tert-OH is 1. The smallest absolute Gasteiger partial charge is 0.325 e. The first-order valence-corrected chi connectivity index (χ1v) is 12.3. The molecule has 8 nitrogen and oxygen atoms in total. The van der Waals surface area contributed by atoms with Crippen LogP contribution in [0.4, 0.5) is 0 Å². The Balaban J connectivity index is 1.63. The molecular formula is C24H30N2O6S. The van der Waals surface area contributed by atoms with Crippen molar-refractivity contribution in [2.24, 2.45) is 0 Å². The Morgan fingerprint density at radius 2 is 1.85 bits per heavy atom. The van der Waals surface area contributed by atoms with Gasteiger partial charge in [0.05, 0.1) is 11.0 Å². The van der Waals surface area contributed by atoms with E-state index in [1.807, 2.05) is 37.3 Å². The number of aliphatic hydroxyl groups is 1. The molecule has 33 heavy (non-hydrogen) atoms. The van der Waals surface area contributed by atoms with Crippen molar-refractivity contribution in [2.45, 2.75) is 56.8 Å². The average Bonchev–Trinajstić information content (AvgIpc) is 3.19. The van der Waals surface area contributed by atoms with Crippen LogP contribution >= 0.6 is 0 Å². The highest BCUT2D eigenvalue weighted by atomic mass is 32.2. The van der Waals surface area contributed by atoms with Crippen LogP contribution < -0.4 is 5.32 Å². The fourth-order valence-electron chi connectivity index (χ4n) is 3.70. The zero-order chi connectivity index (χ0) is 24.2. The maximum Gasteiger partial charge on any atom is 0.325 e. The molecule has 0 saturated carbocycles. The number of β-amino-alcohol motifs (C(OH)–C–C–N with tert-alkyl or cyclic N) is 1. The van der Waals surface area contributed by atoms with Gasteiger partial charge in [-0.2, -0.15) is 4.31 Å². The van der Waals surface area contributed by atoms with Gasteiger partial charge in [0.15, 0.2) is 6.10 Å². The highest BCUT2D eigenvalue weighted by Crippen LogP contribution is 2.28. The maximum absolute atomic E-state index is 13.2. The normalized spacial score (nSPS) is 19.8. The van der Waals surface area contributed by atoms with Gasteiger partial charge in [-0.05, 0) is 56.0 Å². The molecule has 1 heterocycles. The van der Waals surface area contributed by atoms with Gasteiger partial charge >= 0.3 is 5.97 Å². The van der Waals surface area contributed by atoms with Crippen LogP contribution in [0.1, 0.15) is 30.0 Å². The third kappa shape index (κ3) is 5.98. The number of carbonyl (C=O) groups excluding carboxylic acids is 2. The number of rotatable bonds is 8. The van der Waals surface area contributed by atoms with Gasteiger partial charge < -0.3 is 15.2 Å². The summed E-state index contributed by atoms with van der Waals surface area (Å²) in [6.45, 7) is 5.27. The molecule has 2 unspecified atom stereocenters. The molecule has 1 aliphatic rings. The quantitative estimate of drug-likeness (QED) is 0.564. The number of nitrogens with zero attached hydrogens (tertiary/aromatic N) is 1. The highest BCUT2D eigenvalue weighted by Gasteiger charge is 2.45. The Kier molecular flexibility index (Phi) is 7.88. The molecule has 178 valence electrons. The minimum absolute atomic E-state index is 0.0456. The predicted octanol–water partition coefficient (Wildman–Crippen LogP) is 1.72. The monoisotopic (exact) mass is 474 g/mol. The van der Waals surface area contributed by atoms with Crippen LogP contribution in [0.3, 0.4) is 0 Å². The Bertz CT molecular complexity index is 1100. The largest absolute Gasteiger partial charge is 0.451 e. The van der Waals surface area contributed by atoms with Gasteiger partial charge in [-0.15, -0.1) is 0 Å². The molecule has 0 radical (unpaired) electrons. The van der Waals surface area contributed by atoms with Crippen LogP contribution in [0.5, 0.6) is 0 Å². The first-order valence-electron chi connectivity index (χ1n) is 10.9. The lowest BCUT2D eigenvalue weighted by Gasteiger charge is -2.24. The number of carbonyl (C=O) groups is 2. The Morgan fingerprint density at radius 3 is 2.52 bits per heavy atom. The van der Waals surface area contributed by atoms with Crippen molar-refractivity contribution in [1.82, 2.24) is 9.62 Å². The van der Waals surface area contributed by atoms with E-state index in [-0.39, 0.29) is 17.9 Å². The summed E-state index contributed by atoms with van der Waals surface area (Å²) in [6.07, 6.45) is -1.56. The lowest BCUT2D eigenvalue weighted by Crippen LogP contribution is -2.44. The van der Waals surface area contributed by atoms with Crippen LogP contribution in [0.2, 0.25) is 0 Å². The summed E-state index contributed by atoms with van der Waals surface area (Å²) >= 11 is 0. The molecule has 1 aliphatic heterocycles. The zero-order valence-electron chi connectivity index (χ0n) is 19.0. The lowest BCUT2D eigenvalue weighted by molar-refractivity contribution is -0.157. The second-order valence-electron chi connectivity index (χ2n) is 8.33. The Hall–Kier alpha value is -2.75. The van der Waals surface area contributed by atoms with Crippen LogP contribution in [-0.4, -0.2) is 61.0 Å². The van der Waals surface area contributed by atoms with Gasteiger partial charge in [-0.25, -0.2) is 8.42 Å². The summed E-state index contributed by atoms with van der Waals surface area (Å²) in [5, 5.41) is 12.8. The molecule has 3 rings (SSSR count). The Morgan fingerprint density at radius 1 is 1.15 bits per heavy atom. The summed E-state index contributed by atoms with van der Waals surface area (Å²) in [5.41, 5.74) is 2.81. The fraction of sp³-hybridized carbons (Fsp3) is 0.417. The van der Waals surface area contributed by atoms with E-state index >= 15 is 0 Å². The summed E-state index contributed by atoms with van der Waals surface area (Å²) in [5.74, 6) is -1.33. The van der Waals surface area contributed by atoms with Gasteiger partial charge in [0.1, 0.15) is 6.04 Å². The van der Waals surface area contributed by atoms with Crippen LogP contribution in [0, 0.1) is 13.8 Å². The first kappa shape index (κ1) is 24.9. The van der Waals surface area contributed by atoms with Crippen molar-refractivity contribution in [2.75, 3.05) is 13.1 Å². The van der Waals surface area contributed by atoms with Gasteiger partial charge in [0, 0.05) is 19.5 Å². The molecule has 1 amide bonds. The van der Waals surface area contributed by atoms with Crippen molar-refractivity contribution in [3.8, 4) is 0 Å². The number of sulfonamides is 1. The van der Waals surface area contributed by atoms with Crippen LogP contribution in [-0.2, 0) is 30.8 Å². The van der Waals surface area contributed by atoms with Crippen LogP contribution in [0.15, 0.2) is 53.4 Å². The highest BCUT2D eigenvalue weighted by molar-refractivity contribution is 7.89. The number of amides is 1. The molecule has 0 spiro atoms. The molecule has 2 aromatic carbocycles. The van der Waals surface area contributed by atoms with E-state index in [4.69, 9.17) is 4.74 Å². The third-order valence-corrected chi connectivity index (χ3v) is 7.68. The molecule has 2 aromatic rings. The Labute approximate surface area is 194 Å². The molecule has 3 atom stereocenters. The van der Waals surface area contributed by atoms with Crippen molar-refractivity contribution in [3.63, 3.8) is 0 Å². The molecule has 0 aromatic heterocycles. The number of benzene rings is 2. The van der Waals surface area contributed by atoms with Crippen molar-refractivity contribution in [3.05, 3.63) is 65.2 Å². The predicted molar refractivity (Wildman–Crippen MR) is 123 cm³/mol. The lowest BCUT2D eigenvalue weighted by atomic mass is 10.1. The average molecular weight is 475 g/mol. The van der Waals surface area contributed by atoms with E-state index in [0.717, 1.165) is 21.0 Å². The van der Waals surface area contributed by atoms with Crippen molar-refractivity contribution < 1.29 is 27.9 Å². The van der Waals surface area contributed by atoms with E-state index in [1.165, 1.54) is 13.0 Å². The molecule has 2 N–H and O–H groups in total. The molecule has 0 aliphatic carbocycles. The topological polar surface area (TPSA) is 113 Å². The van der Waals surface area contributed by atoms with E-state index in [9.17, 15) is 23.1 Å². The van der Waals surface area contributed by atoms with Gasteiger partial charge in [0.25, 0.3) is 5.91 Å². The number of hydrogen-bond donors (Lipinski definition) is 2. The van der Waals surface area contributed by atoms with Gasteiger partial charge in [-0.3, -0.25) is 9.59 Å². The zero-order valence-corrected chi connectivity index (χ0v) is 19.8. The van der Waals surface area contributed by atoms with E-state index in [2.05, 4.69) is 5.32 Å². The third-order valence-electron chi connectivity index (χ3n) is 5.81. The standard InChI is InChI=1S/C24H30N2O6S/c1-16-9-10-21(13-17(16)2)33(30,31)26-15-20(27)14-22(26)24(29)32-18(3)23(28)25-12-11-19-7-5-4-6-8-19/h4-10,13,18,20,22,27H,11-12,14-15H2,1-3H3,(H,25,28)/t18?,20?,22-/m0/s1. The van der Waals surface area contributed by atoms with Gasteiger partial charge in [-0.1, -0.05) is 36.4 Å². The van der Waals surface area contributed by atoms with Crippen molar-refractivity contribution >= 4 is 21.9 Å². The number of aryl methyl sites for hydroxylation is 2. The molecule has 1 saturated heterocycles. The number of nitrogens with one attached hydrogen (secondary N) is 1. The summed E-state index contributed by atoms with van der Waals surface area (Å²) in [4.78, 5) is 25.2. The van der Waals surface area contributed by atoms with E-state index in [1.54, 1.807) is 19.1 Å². The number of ether oxygens (including phenoxy) is 1. The van der Waals surface area contributed by atoms with Crippen molar-refractivity contribution in [1.29, 1.82) is 0 Å². The fourth-order valence-corrected chi connectivity index (χ4v) is 5.41. The minimum Gasteiger partial charge on any atom is -0.451 e. The summed E-state index contributed by atoms with van der Waals surface area (Å²) in [6, 6.07) is 13.2. The molecule has 0 bridgehead atoms. The molecule has 1 fully saturated rings. The number of hydrogen-bond acceptors (Lipinski definition) is 6.